The number of thiazole rings is 1. The van der Waals surface area contributed by atoms with Crippen molar-refractivity contribution in [3.05, 3.63) is 16.1 Å². The minimum Gasteiger partial charge on any atom is -0.378 e. The van der Waals surface area contributed by atoms with E-state index in [1.807, 2.05) is 6.20 Å². The van der Waals surface area contributed by atoms with E-state index >= 15 is 0 Å². The number of hydrogen-bond acceptors (Lipinski definition) is 4. The van der Waals surface area contributed by atoms with Gasteiger partial charge in [0.25, 0.3) is 0 Å². The summed E-state index contributed by atoms with van der Waals surface area (Å²) < 4.78 is 5.87. The number of guanidine groups is 1. The molecule has 1 saturated carbocycles. The van der Waals surface area contributed by atoms with Crippen molar-refractivity contribution in [3.63, 3.8) is 0 Å². The van der Waals surface area contributed by atoms with Crippen LogP contribution in [0.1, 0.15) is 48.9 Å². The Kier molecular flexibility index (Phi) is 10.8. The SMILES string of the molecule is CCNC(=NCc1ncc(C)s1)NCCCOC1CCCC1.I. The van der Waals surface area contributed by atoms with Crippen molar-refractivity contribution in [1.82, 2.24) is 15.6 Å². The molecule has 0 unspecified atom stereocenters. The standard InChI is InChI=1S/C16H28N4OS.HI/c1-3-17-16(20-12-15-19-11-13(2)22-15)18-9-6-10-21-14-7-4-5-8-14;/h11,14H,3-10,12H2,1-2H3,(H2,17,18,20);1H. The largest absolute Gasteiger partial charge is 0.378 e. The molecule has 1 aliphatic carbocycles. The first kappa shape index (κ1) is 20.6. The number of hydrogen-bond donors (Lipinski definition) is 2. The number of rotatable bonds is 8. The van der Waals surface area contributed by atoms with Crippen molar-refractivity contribution < 1.29 is 4.74 Å². The van der Waals surface area contributed by atoms with E-state index in [1.54, 1.807) is 11.3 Å². The van der Waals surface area contributed by atoms with E-state index in [4.69, 9.17) is 4.74 Å². The fourth-order valence-corrected chi connectivity index (χ4v) is 3.26. The maximum Gasteiger partial charge on any atom is 0.191 e. The van der Waals surface area contributed by atoms with E-state index in [1.165, 1.54) is 30.6 Å². The topological polar surface area (TPSA) is 58.5 Å². The first-order valence-corrected chi connectivity index (χ1v) is 9.14. The van der Waals surface area contributed by atoms with Crippen LogP contribution in [0.25, 0.3) is 0 Å². The van der Waals surface area contributed by atoms with Gasteiger partial charge in [0.05, 0.1) is 12.6 Å². The minimum absolute atomic E-state index is 0. The molecule has 23 heavy (non-hydrogen) atoms. The molecule has 7 heteroatoms. The molecule has 0 spiro atoms. The quantitative estimate of drug-likeness (QED) is 0.275. The van der Waals surface area contributed by atoms with Gasteiger partial charge in [-0.1, -0.05) is 12.8 Å². The molecule has 1 heterocycles. The van der Waals surface area contributed by atoms with Crippen LogP contribution in [0, 0.1) is 6.92 Å². The number of ether oxygens (including phenoxy) is 1. The zero-order chi connectivity index (χ0) is 15.6. The van der Waals surface area contributed by atoms with Gasteiger partial charge >= 0.3 is 0 Å². The zero-order valence-electron chi connectivity index (χ0n) is 14.1. The van der Waals surface area contributed by atoms with Crippen LogP contribution in [0.4, 0.5) is 0 Å². The highest BCUT2D eigenvalue weighted by atomic mass is 127. The van der Waals surface area contributed by atoms with Crippen LogP contribution in [-0.4, -0.2) is 36.7 Å². The summed E-state index contributed by atoms with van der Waals surface area (Å²) in [7, 11) is 0. The third-order valence-corrected chi connectivity index (χ3v) is 4.55. The van der Waals surface area contributed by atoms with Gasteiger partial charge in [0.1, 0.15) is 5.01 Å². The molecule has 0 saturated heterocycles. The predicted octanol–water partition coefficient (Wildman–Crippen LogP) is 3.47. The number of nitrogens with one attached hydrogen (secondary N) is 2. The molecule has 2 N–H and O–H groups in total. The van der Waals surface area contributed by atoms with Crippen LogP contribution >= 0.6 is 35.3 Å². The van der Waals surface area contributed by atoms with Gasteiger partial charge in [0, 0.05) is 30.8 Å². The number of nitrogens with zero attached hydrogens (tertiary/aromatic N) is 2. The van der Waals surface area contributed by atoms with Crippen LogP contribution < -0.4 is 10.6 Å². The Bertz CT molecular complexity index is 461. The van der Waals surface area contributed by atoms with Crippen LogP contribution in [-0.2, 0) is 11.3 Å². The van der Waals surface area contributed by atoms with Gasteiger partial charge < -0.3 is 15.4 Å². The molecule has 0 atom stereocenters. The maximum atomic E-state index is 5.87. The second-order valence-corrected chi connectivity index (χ2v) is 6.94. The Balaban J connectivity index is 0.00000264. The van der Waals surface area contributed by atoms with Crippen molar-refractivity contribution in [2.45, 2.75) is 58.6 Å². The summed E-state index contributed by atoms with van der Waals surface area (Å²) in [5.74, 6) is 0.858. The molecule has 1 aromatic heterocycles. The molecule has 2 rings (SSSR count). The smallest absolute Gasteiger partial charge is 0.191 e. The Morgan fingerprint density at radius 2 is 2.17 bits per heavy atom. The second kappa shape index (κ2) is 12.0. The van der Waals surface area contributed by atoms with Gasteiger partial charge in [0.15, 0.2) is 5.96 Å². The third-order valence-electron chi connectivity index (χ3n) is 3.66. The van der Waals surface area contributed by atoms with Crippen LogP contribution in [0.5, 0.6) is 0 Å². The van der Waals surface area contributed by atoms with E-state index in [9.17, 15) is 0 Å². The Morgan fingerprint density at radius 1 is 1.39 bits per heavy atom. The van der Waals surface area contributed by atoms with E-state index in [0.29, 0.717) is 12.6 Å². The van der Waals surface area contributed by atoms with E-state index < -0.39 is 0 Å². The average Bonchev–Trinajstić information content (AvgIpc) is 3.16. The summed E-state index contributed by atoms with van der Waals surface area (Å²) in [6, 6.07) is 0. The van der Waals surface area contributed by atoms with Crippen LogP contribution in [0.3, 0.4) is 0 Å². The highest BCUT2D eigenvalue weighted by molar-refractivity contribution is 14.0. The molecular formula is C16H29IN4OS. The molecule has 0 bridgehead atoms. The Hall–Kier alpha value is -0.410. The van der Waals surface area contributed by atoms with Gasteiger partial charge in [-0.3, -0.25) is 0 Å². The molecule has 0 aliphatic heterocycles. The number of halogens is 1. The number of aryl methyl sites for hydroxylation is 1. The summed E-state index contributed by atoms with van der Waals surface area (Å²) >= 11 is 1.70. The zero-order valence-corrected chi connectivity index (χ0v) is 17.3. The lowest BCUT2D eigenvalue weighted by Crippen LogP contribution is -2.38. The van der Waals surface area contributed by atoms with Gasteiger partial charge in [0.2, 0.25) is 0 Å². The molecule has 5 nitrogen and oxygen atoms in total. The van der Waals surface area contributed by atoms with Crippen LogP contribution in [0.2, 0.25) is 0 Å². The van der Waals surface area contributed by atoms with E-state index in [0.717, 1.165) is 37.1 Å². The van der Waals surface area contributed by atoms with Gasteiger partial charge in [-0.05, 0) is 33.1 Å². The highest BCUT2D eigenvalue weighted by Gasteiger charge is 2.14. The molecule has 1 fully saturated rings. The predicted molar refractivity (Wildman–Crippen MR) is 108 cm³/mol. The summed E-state index contributed by atoms with van der Waals surface area (Å²) in [6.07, 6.45) is 8.56. The lowest BCUT2D eigenvalue weighted by atomic mass is 10.3. The summed E-state index contributed by atoms with van der Waals surface area (Å²) in [5.41, 5.74) is 0. The van der Waals surface area contributed by atoms with Crippen molar-refractivity contribution in [2.24, 2.45) is 4.99 Å². The first-order chi connectivity index (χ1) is 10.8. The van der Waals surface area contributed by atoms with Crippen molar-refractivity contribution in [1.29, 1.82) is 0 Å². The third kappa shape index (κ3) is 8.30. The molecular weight excluding hydrogens is 423 g/mol. The molecule has 1 aliphatic rings. The fraction of sp³-hybridized carbons (Fsp3) is 0.750. The average molecular weight is 452 g/mol. The van der Waals surface area contributed by atoms with E-state index in [2.05, 4.69) is 34.5 Å². The normalized spacial score (nSPS) is 15.5. The highest BCUT2D eigenvalue weighted by Crippen LogP contribution is 2.20. The Morgan fingerprint density at radius 3 is 2.83 bits per heavy atom. The molecule has 0 amide bonds. The van der Waals surface area contributed by atoms with Crippen molar-refractivity contribution in [3.8, 4) is 0 Å². The van der Waals surface area contributed by atoms with Gasteiger partial charge in [-0.25, -0.2) is 9.98 Å². The van der Waals surface area contributed by atoms with Crippen molar-refractivity contribution in [2.75, 3.05) is 19.7 Å². The number of aromatic nitrogens is 1. The minimum atomic E-state index is 0. The fourth-order valence-electron chi connectivity index (χ4n) is 2.55. The molecule has 1 aromatic rings. The monoisotopic (exact) mass is 452 g/mol. The summed E-state index contributed by atoms with van der Waals surface area (Å²) in [6.45, 7) is 7.36. The Labute approximate surface area is 160 Å². The number of aliphatic imine (C=N–C) groups is 1. The first-order valence-electron chi connectivity index (χ1n) is 8.33. The van der Waals surface area contributed by atoms with Gasteiger partial charge in [-0.15, -0.1) is 35.3 Å². The van der Waals surface area contributed by atoms with Crippen molar-refractivity contribution >= 4 is 41.3 Å². The van der Waals surface area contributed by atoms with E-state index in [-0.39, 0.29) is 24.0 Å². The van der Waals surface area contributed by atoms with Gasteiger partial charge in [-0.2, -0.15) is 0 Å². The molecule has 132 valence electrons. The summed E-state index contributed by atoms with van der Waals surface area (Å²) in [4.78, 5) is 10.1. The lowest BCUT2D eigenvalue weighted by Gasteiger charge is -2.13. The molecule has 0 aromatic carbocycles. The second-order valence-electron chi connectivity index (χ2n) is 5.62. The summed E-state index contributed by atoms with van der Waals surface area (Å²) in [5, 5.41) is 7.68. The lowest BCUT2D eigenvalue weighted by molar-refractivity contribution is 0.0574. The molecule has 0 radical (unpaired) electrons. The van der Waals surface area contributed by atoms with Crippen LogP contribution in [0.15, 0.2) is 11.2 Å². The maximum absolute atomic E-state index is 5.87.